The Morgan fingerprint density at radius 3 is 2.58 bits per heavy atom. The number of benzene rings is 2. The number of nitrogens with one attached hydrogen (secondary N) is 2. The summed E-state index contributed by atoms with van der Waals surface area (Å²) in [4.78, 5) is 43.6. The third-order valence-corrected chi connectivity index (χ3v) is 8.77. The van der Waals surface area contributed by atoms with Gasteiger partial charge in [-0.2, -0.15) is 5.26 Å². The molecule has 1 saturated heterocycles. The summed E-state index contributed by atoms with van der Waals surface area (Å²) < 4.78 is 29.7. The molecule has 0 spiro atoms. The predicted octanol–water partition coefficient (Wildman–Crippen LogP) is 3.42. The molecule has 1 aliphatic heterocycles. The van der Waals surface area contributed by atoms with Gasteiger partial charge in [-0.3, -0.25) is 14.5 Å². The number of nitrogens with zero attached hydrogens (tertiary/aromatic N) is 2. The number of hydrogen-bond donors (Lipinski definition) is 2. The third-order valence-electron chi connectivity index (χ3n) is 7.66. The molecular weight excluding hydrogens is 532 g/mol. The summed E-state index contributed by atoms with van der Waals surface area (Å²) in [5.74, 6) is -0.372. The third kappa shape index (κ3) is 5.28. The Kier molecular flexibility index (Phi) is 6.86. The van der Waals surface area contributed by atoms with Crippen molar-refractivity contribution < 1.29 is 22.7 Å². The molecule has 2 aromatic carbocycles. The van der Waals surface area contributed by atoms with Crippen molar-refractivity contribution in [1.29, 1.82) is 5.26 Å². The Morgan fingerprint density at radius 2 is 1.90 bits per heavy atom. The van der Waals surface area contributed by atoms with E-state index in [9.17, 15) is 28.1 Å². The van der Waals surface area contributed by atoms with Crippen LogP contribution in [0.3, 0.4) is 0 Å². The molecule has 1 saturated carbocycles. The Hall–Kier alpha value is -3.91. The van der Waals surface area contributed by atoms with Crippen molar-refractivity contribution >= 4 is 43.5 Å². The number of pyridine rings is 1. The van der Waals surface area contributed by atoms with Gasteiger partial charge in [0.15, 0.2) is 9.84 Å². The van der Waals surface area contributed by atoms with Crippen LogP contribution in [-0.4, -0.2) is 60.3 Å². The molecule has 3 aromatic rings. The summed E-state index contributed by atoms with van der Waals surface area (Å²) in [6.07, 6.45) is 3.14. The quantitative estimate of drug-likeness (QED) is 0.451. The number of likely N-dealkylation sites (tertiary alicyclic amines) is 1. The van der Waals surface area contributed by atoms with Crippen molar-refractivity contribution in [3.05, 3.63) is 52.3 Å². The van der Waals surface area contributed by atoms with Crippen LogP contribution in [0.4, 0.5) is 4.79 Å². The first-order valence-electron chi connectivity index (χ1n) is 13.3. The van der Waals surface area contributed by atoms with Gasteiger partial charge in [0.05, 0.1) is 11.0 Å². The maximum atomic E-state index is 13.4. The predicted molar refractivity (Wildman–Crippen MR) is 149 cm³/mol. The van der Waals surface area contributed by atoms with E-state index in [1.807, 2.05) is 0 Å². The van der Waals surface area contributed by atoms with Crippen LogP contribution < -0.4 is 10.9 Å². The average Bonchev–Trinajstić information content (AvgIpc) is 3.49. The number of ether oxygens (including phenoxy) is 1. The topological polar surface area (TPSA) is 149 Å². The van der Waals surface area contributed by atoms with E-state index >= 15 is 0 Å². The van der Waals surface area contributed by atoms with Crippen LogP contribution in [0.25, 0.3) is 21.7 Å². The minimum absolute atomic E-state index is 0.0150. The van der Waals surface area contributed by atoms with Gasteiger partial charge in [-0.05, 0) is 81.2 Å². The number of fused-ring (bicyclic) bond motifs is 5. The van der Waals surface area contributed by atoms with Gasteiger partial charge in [-0.1, -0.05) is 12.1 Å². The highest BCUT2D eigenvalue weighted by molar-refractivity contribution is 7.90. The molecular formula is C29H32N4O6S. The Morgan fingerprint density at radius 1 is 1.15 bits per heavy atom. The highest BCUT2D eigenvalue weighted by Gasteiger charge is 2.52. The lowest BCUT2D eigenvalue weighted by Gasteiger charge is -2.35. The zero-order valence-corrected chi connectivity index (χ0v) is 23.7. The van der Waals surface area contributed by atoms with Crippen molar-refractivity contribution in [1.82, 2.24) is 15.2 Å². The molecule has 2 heterocycles. The summed E-state index contributed by atoms with van der Waals surface area (Å²) in [5.41, 5.74) is 0.130. The number of H-pyrrole nitrogens is 1. The molecule has 4 atom stereocenters. The molecule has 11 heteroatoms. The first kappa shape index (κ1) is 27.6. The van der Waals surface area contributed by atoms with E-state index in [0.717, 1.165) is 25.5 Å². The van der Waals surface area contributed by atoms with Crippen LogP contribution in [0.15, 0.2) is 46.1 Å². The van der Waals surface area contributed by atoms with Crippen LogP contribution in [0.5, 0.6) is 0 Å². The molecule has 2 fully saturated rings. The number of carbonyl (C=O) groups is 2. The fourth-order valence-corrected chi connectivity index (χ4v) is 6.59. The largest absolute Gasteiger partial charge is 0.444 e. The number of aromatic amines is 1. The second-order valence-electron chi connectivity index (χ2n) is 11.8. The van der Waals surface area contributed by atoms with Gasteiger partial charge < -0.3 is 15.0 Å². The summed E-state index contributed by atoms with van der Waals surface area (Å²) in [7, 11) is -3.44. The van der Waals surface area contributed by atoms with E-state index in [4.69, 9.17) is 4.74 Å². The van der Waals surface area contributed by atoms with Gasteiger partial charge in [0.2, 0.25) is 5.91 Å². The molecule has 40 heavy (non-hydrogen) atoms. The number of sulfone groups is 1. The molecule has 10 nitrogen and oxygen atoms in total. The zero-order valence-electron chi connectivity index (χ0n) is 22.9. The monoisotopic (exact) mass is 564 g/mol. The van der Waals surface area contributed by atoms with Crippen LogP contribution >= 0.6 is 0 Å². The first-order valence-corrected chi connectivity index (χ1v) is 15.1. The lowest BCUT2D eigenvalue weighted by molar-refractivity contribution is -0.128. The number of hydrogen-bond acceptors (Lipinski definition) is 7. The first-order chi connectivity index (χ1) is 18.7. The molecule has 5 rings (SSSR count). The smallest absolute Gasteiger partial charge is 0.411 e. The van der Waals surface area contributed by atoms with Crippen molar-refractivity contribution in [2.75, 3.05) is 6.26 Å². The molecule has 210 valence electrons. The van der Waals surface area contributed by atoms with Crippen molar-refractivity contribution in [3.8, 4) is 6.07 Å². The van der Waals surface area contributed by atoms with E-state index in [1.54, 1.807) is 45.0 Å². The summed E-state index contributed by atoms with van der Waals surface area (Å²) >= 11 is 0. The molecule has 2 N–H and O–H groups in total. The van der Waals surface area contributed by atoms with Crippen LogP contribution in [-0.2, 0) is 25.8 Å². The van der Waals surface area contributed by atoms with E-state index in [2.05, 4.69) is 16.4 Å². The lowest BCUT2D eigenvalue weighted by Crippen LogP contribution is -2.55. The second-order valence-corrected chi connectivity index (χ2v) is 13.8. The van der Waals surface area contributed by atoms with Gasteiger partial charge in [0, 0.05) is 35.0 Å². The number of rotatable bonds is 5. The number of nitriles is 1. The molecule has 1 aromatic heterocycles. The molecule has 2 amide bonds. The maximum absolute atomic E-state index is 13.4. The zero-order chi connectivity index (χ0) is 29.0. The van der Waals surface area contributed by atoms with Crippen molar-refractivity contribution in [2.45, 2.75) is 75.1 Å². The number of amides is 2. The SMILES string of the molecule is CC(C)(C)OC(=O)N1C2CCC(C2)C1C(=O)NC(C#N)Cc1ccc2c(c1)c(=O)[nH]c1ccc(S(C)(=O)=O)cc12. The standard InChI is InChI=1S/C29H32N4O6S/c1-29(2,3)39-28(36)33-19-7-6-17(13-19)25(33)27(35)31-18(15-30)11-16-5-9-21-22-14-20(40(4,37)38)8-10-24(22)32-26(34)23(21)12-16/h5,8-10,12,14,17-19,25H,6-7,11,13H2,1-4H3,(H,31,35)(H,32,34). The number of piperidine rings is 1. The summed E-state index contributed by atoms with van der Waals surface area (Å²) in [5, 5.41) is 14.2. The fourth-order valence-electron chi connectivity index (χ4n) is 5.94. The Labute approximate surface area is 232 Å². The molecule has 1 aliphatic carbocycles. The normalized spacial score (nSPS) is 21.4. The lowest BCUT2D eigenvalue weighted by atomic mass is 9.97. The van der Waals surface area contributed by atoms with E-state index in [-0.39, 0.29) is 34.7 Å². The van der Waals surface area contributed by atoms with Gasteiger partial charge >= 0.3 is 6.09 Å². The number of carbonyl (C=O) groups excluding carboxylic acids is 2. The van der Waals surface area contributed by atoms with Gasteiger partial charge in [-0.25, -0.2) is 13.2 Å². The molecule has 2 bridgehead atoms. The van der Waals surface area contributed by atoms with Gasteiger partial charge in [0.1, 0.15) is 17.7 Å². The maximum Gasteiger partial charge on any atom is 0.411 e. The van der Waals surface area contributed by atoms with Crippen LogP contribution in [0.1, 0.15) is 45.6 Å². The fraction of sp³-hybridized carbons (Fsp3) is 0.448. The minimum atomic E-state index is -3.44. The van der Waals surface area contributed by atoms with Crippen LogP contribution in [0.2, 0.25) is 0 Å². The second kappa shape index (κ2) is 9.93. The van der Waals surface area contributed by atoms with E-state index in [0.29, 0.717) is 27.2 Å². The average molecular weight is 565 g/mol. The summed E-state index contributed by atoms with van der Waals surface area (Å²) in [6.45, 7) is 5.34. The summed E-state index contributed by atoms with van der Waals surface area (Å²) in [6, 6.07) is 10.2. The highest BCUT2D eigenvalue weighted by atomic mass is 32.2. The van der Waals surface area contributed by atoms with Gasteiger partial charge in [-0.15, -0.1) is 0 Å². The molecule has 2 aliphatic rings. The number of aromatic nitrogens is 1. The Bertz CT molecular complexity index is 1730. The van der Waals surface area contributed by atoms with Crippen molar-refractivity contribution in [3.63, 3.8) is 0 Å². The Balaban J connectivity index is 1.38. The molecule has 4 unspecified atom stereocenters. The van der Waals surface area contributed by atoms with Gasteiger partial charge in [0.25, 0.3) is 5.56 Å². The minimum Gasteiger partial charge on any atom is -0.444 e. The van der Waals surface area contributed by atoms with E-state index in [1.165, 1.54) is 17.0 Å². The van der Waals surface area contributed by atoms with Crippen molar-refractivity contribution in [2.24, 2.45) is 5.92 Å². The highest BCUT2D eigenvalue weighted by Crippen LogP contribution is 2.43. The van der Waals surface area contributed by atoms with Crippen LogP contribution in [0, 0.1) is 17.2 Å². The van der Waals surface area contributed by atoms with E-state index < -0.39 is 33.6 Å². The molecule has 0 radical (unpaired) electrons.